The molecule has 3 heteroatoms. The molecule has 0 aromatic heterocycles. The molecule has 1 rings (SSSR count). The Kier molecular flexibility index (Phi) is 3.45. The second-order valence-electron chi connectivity index (χ2n) is 4.15. The molecule has 0 radical (unpaired) electrons. The average Bonchev–Trinajstić information content (AvgIpc) is 2.45. The van der Waals surface area contributed by atoms with Gasteiger partial charge in [0, 0.05) is 19.0 Å². The zero-order valence-electron chi connectivity index (χ0n) is 9.00. The Morgan fingerprint density at radius 2 is 2.23 bits per heavy atom. The third-order valence-corrected chi connectivity index (χ3v) is 2.75. The van der Waals surface area contributed by atoms with Crippen LogP contribution >= 0.6 is 0 Å². The fourth-order valence-electron chi connectivity index (χ4n) is 1.81. The van der Waals surface area contributed by atoms with E-state index in [1.54, 1.807) is 0 Å². The van der Waals surface area contributed by atoms with Crippen molar-refractivity contribution in [2.24, 2.45) is 5.92 Å². The van der Waals surface area contributed by atoms with E-state index in [9.17, 15) is 4.79 Å². The average molecular weight is 184 g/mol. The summed E-state index contributed by atoms with van der Waals surface area (Å²) < 4.78 is 0. The van der Waals surface area contributed by atoms with Gasteiger partial charge in [-0.2, -0.15) is 0 Å². The van der Waals surface area contributed by atoms with Crippen LogP contribution in [0.5, 0.6) is 0 Å². The summed E-state index contributed by atoms with van der Waals surface area (Å²) in [6, 6.07) is 0.572. The van der Waals surface area contributed by atoms with Crippen molar-refractivity contribution in [1.82, 2.24) is 10.4 Å². The number of Topliss-reactive ketones (excluding diaryl/α,β-unsaturated/α-hetero) is 1. The lowest BCUT2D eigenvalue weighted by molar-refractivity contribution is -0.126. The summed E-state index contributed by atoms with van der Waals surface area (Å²) in [6.45, 7) is 6.08. The second-order valence-corrected chi connectivity index (χ2v) is 4.15. The number of carbonyl (C=O) groups is 1. The molecular weight excluding hydrogens is 164 g/mol. The van der Waals surface area contributed by atoms with Gasteiger partial charge in [0.05, 0.1) is 6.04 Å². The lowest BCUT2D eigenvalue weighted by atomic mass is 9.97. The number of nitrogens with zero attached hydrogens (tertiary/aromatic N) is 1. The van der Waals surface area contributed by atoms with E-state index in [1.165, 1.54) is 0 Å². The summed E-state index contributed by atoms with van der Waals surface area (Å²) in [7, 11) is 1.96. The highest BCUT2D eigenvalue weighted by molar-refractivity contribution is 5.85. The van der Waals surface area contributed by atoms with Crippen LogP contribution in [0.15, 0.2) is 0 Å². The van der Waals surface area contributed by atoms with E-state index in [1.807, 2.05) is 25.9 Å². The van der Waals surface area contributed by atoms with E-state index in [4.69, 9.17) is 0 Å². The number of nitrogens with one attached hydrogen (secondary N) is 1. The molecule has 1 aliphatic rings. The molecule has 1 saturated heterocycles. The van der Waals surface area contributed by atoms with Crippen LogP contribution in [0.3, 0.4) is 0 Å². The predicted molar refractivity (Wildman–Crippen MR) is 53.2 cm³/mol. The lowest BCUT2D eigenvalue weighted by Gasteiger charge is -2.19. The standard InChI is InChI=1S/C10H20N2O/c1-5-8-6-9(12(4)11-8)10(13)7(2)3/h7-9,11H,5-6H2,1-4H3. The van der Waals surface area contributed by atoms with Crippen LogP contribution in [0, 0.1) is 5.92 Å². The first-order chi connectivity index (χ1) is 6.06. The van der Waals surface area contributed by atoms with Crippen molar-refractivity contribution in [3.05, 3.63) is 0 Å². The Morgan fingerprint density at radius 1 is 1.62 bits per heavy atom. The largest absolute Gasteiger partial charge is 0.298 e. The number of hydrogen-bond donors (Lipinski definition) is 1. The maximum Gasteiger partial charge on any atom is 0.153 e. The molecule has 1 heterocycles. The molecule has 0 bridgehead atoms. The van der Waals surface area contributed by atoms with Crippen molar-refractivity contribution in [2.75, 3.05) is 7.05 Å². The van der Waals surface area contributed by atoms with Crippen LogP contribution in [0.1, 0.15) is 33.6 Å². The van der Waals surface area contributed by atoms with Gasteiger partial charge in [-0.15, -0.1) is 0 Å². The lowest BCUT2D eigenvalue weighted by Crippen LogP contribution is -2.40. The van der Waals surface area contributed by atoms with Crippen molar-refractivity contribution in [3.8, 4) is 0 Å². The molecule has 3 nitrogen and oxygen atoms in total. The summed E-state index contributed by atoms with van der Waals surface area (Å²) in [5, 5.41) is 1.97. The van der Waals surface area contributed by atoms with Gasteiger partial charge in [0.25, 0.3) is 0 Å². The fourth-order valence-corrected chi connectivity index (χ4v) is 1.81. The number of carbonyl (C=O) groups excluding carboxylic acids is 1. The minimum Gasteiger partial charge on any atom is -0.298 e. The number of rotatable bonds is 3. The van der Waals surface area contributed by atoms with Crippen molar-refractivity contribution < 1.29 is 4.79 Å². The molecule has 1 fully saturated rings. The zero-order valence-corrected chi connectivity index (χ0v) is 9.00. The van der Waals surface area contributed by atoms with Gasteiger partial charge in [0.1, 0.15) is 0 Å². The Bertz CT molecular complexity index is 191. The van der Waals surface area contributed by atoms with Crippen molar-refractivity contribution in [2.45, 2.75) is 45.7 Å². The first-order valence-electron chi connectivity index (χ1n) is 5.09. The van der Waals surface area contributed by atoms with E-state index in [-0.39, 0.29) is 12.0 Å². The van der Waals surface area contributed by atoms with Crippen LogP contribution in [0.25, 0.3) is 0 Å². The minimum atomic E-state index is 0.0879. The summed E-state index contributed by atoms with van der Waals surface area (Å²) in [4.78, 5) is 11.7. The Hall–Kier alpha value is -0.410. The van der Waals surface area contributed by atoms with Gasteiger partial charge in [-0.25, -0.2) is 5.01 Å². The number of hydrogen-bond acceptors (Lipinski definition) is 3. The maximum atomic E-state index is 11.7. The first-order valence-corrected chi connectivity index (χ1v) is 5.09. The monoisotopic (exact) mass is 184 g/mol. The van der Waals surface area contributed by atoms with Gasteiger partial charge < -0.3 is 0 Å². The van der Waals surface area contributed by atoms with E-state index >= 15 is 0 Å². The van der Waals surface area contributed by atoms with E-state index in [0.29, 0.717) is 11.8 Å². The first kappa shape index (κ1) is 10.7. The van der Waals surface area contributed by atoms with Gasteiger partial charge in [-0.05, 0) is 12.8 Å². The normalized spacial score (nSPS) is 29.9. The van der Waals surface area contributed by atoms with Gasteiger partial charge in [-0.3, -0.25) is 10.2 Å². The van der Waals surface area contributed by atoms with Crippen molar-refractivity contribution in [1.29, 1.82) is 0 Å². The fraction of sp³-hybridized carbons (Fsp3) is 0.900. The molecule has 1 N–H and O–H groups in total. The molecule has 2 atom stereocenters. The molecule has 0 spiro atoms. The Morgan fingerprint density at radius 3 is 2.62 bits per heavy atom. The van der Waals surface area contributed by atoms with Gasteiger partial charge in [0.2, 0.25) is 0 Å². The van der Waals surface area contributed by atoms with E-state index in [0.717, 1.165) is 12.8 Å². The molecule has 0 aromatic carbocycles. The molecule has 13 heavy (non-hydrogen) atoms. The smallest absolute Gasteiger partial charge is 0.153 e. The van der Waals surface area contributed by atoms with Gasteiger partial charge in [-0.1, -0.05) is 20.8 Å². The zero-order chi connectivity index (χ0) is 10.0. The van der Waals surface area contributed by atoms with E-state index < -0.39 is 0 Å². The van der Waals surface area contributed by atoms with Crippen LogP contribution in [-0.2, 0) is 4.79 Å². The molecule has 1 aliphatic heterocycles. The number of likely N-dealkylation sites (N-methyl/N-ethyl adjacent to an activating group) is 1. The number of hydrazine groups is 1. The number of ketones is 1. The summed E-state index contributed by atoms with van der Waals surface area (Å²) in [5.41, 5.74) is 3.30. The van der Waals surface area contributed by atoms with Crippen LogP contribution < -0.4 is 5.43 Å². The maximum absolute atomic E-state index is 11.7. The molecule has 0 aromatic rings. The van der Waals surface area contributed by atoms with Crippen LogP contribution in [0.4, 0.5) is 0 Å². The molecule has 2 unspecified atom stereocenters. The Balaban J connectivity index is 2.57. The highest BCUT2D eigenvalue weighted by atomic mass is 16.1. The third-order valence-electron chi connectivity index (χ3n) is 2.75. The van der Waals surface area contributed by atoms with Crippen molar-refractivity contribution in [3.63, 3.8) is 0 Å². The summed E-state index contributed by atoms with van der Waals surface area (Å²) in [6.07, 6.45) is 2.05. The molecule has 0 saturated carbocycles. The predicted octanol–water partition coefficient (Wildman–Crippen LogP) is 1.20. The van der Waals surface area contributed by atoms with Gasteiger partial charge in [0.15, 0.2) is 5.78 Å². The SMILES string of the molecule is CCC1CC(C(=O)C(C)C)N(C)N1. The highest BCUT2D eigenvalue weighted by Gasteiger charge is 2.33. The highest BCUT2D eigenvalue weighted by Crippen LogP contribution is 2.18. The molecular formula is C10H20N2O. The second kappa shape index (κ2) is 4.20. The minimum absolute atomic E-state index is 0.0879. The Labute approximate surface area is 80.5 Å². The molecule has 0 aliphatic carbocycles. The molecule has 0 amide bonds. The summed E-state index contributed by atoms with van der Waals surface area (Å²) in [5.74, 6) is 0.496. The van der Waals surface area contributed by atoms with Crippen LogP contribution in [-0.4, -0.2) is 29.9 Å². The van der Waals surface area contributed by atoms with Crippen molar-refractivity contribution >= 4 is 5.78 Å². The molecule has 76 valence electrons. The third kappa shape index (κ3) is 2.29. The summed E-state index contributed by atoms with van der Waals surface area (Å²) >= 11 is 0. The van der Waals surface area contributed by atoms with E-state index in [2.05, 4.69) is 12.3 Å². The quantitative estimate of drug-likeness (QED) is 0.715. The topological polar surface area (TPSA) is 32.3 Å². The van der Waals surface area contributed by atoms with Crippen LogP contribution in [0.2, 0.25) is 0 Å². The van der Waals surface area contributed by atoms with Gasteiger partial charge >= 0.3 is 0 Å².